The van der Waals surface area contributed by atoms with Gasteiger partial charge < -0.3 is 9.73 Å². The summed E-state index contributed by atoms with van der Waals surface area (Å²) in [6.07, 6.45) is 7.92. The summed E-state index contributed by atoms with van der Waals surface area (Å²) in [5, 5.41) is 3.16. The fourth-order valence-electron chi connectivity index (χ4n) is 2.27. The first kappa shape index (κ1) is 13.1. The Kier molecular flexibility index (Phi) is 3.97. The third-order valence-corrected chi connectivity index (χ3v) is 3.43. The summed E-state index contributed by atoms with van der Waals surface area (Å²) in [6, 6.07) is 4.62. The van der Waals surface area contributed by atoms with E-state index in [2.05, 4.69) is 20.2 Å². The average Bonchev–Trinajstić information content (AvgIpc) is 3.19. The molecule has 2 aromatic heterocycles. The fourth-order valence-corrected chi connectivity index (χ4v) is 2.27. The van der Waals surface area contributed by atoms with Crippen LogP contribution in [0.4, 0.5) is 5.82 Å². The van der Waals surface area contributed by atoms with E-state index in [9.17, 15) is 0 Å². The molecule has 2 aromatic rings. The van der Waals surface area contributed by atoms with Gasteiger partial charge in [0.25, 0.3) is 0 Å². The molecule has 1 fully saturated rings. The molecule has 0 bridgehead atoms. The van der Waals surface area contributed by atoms with E-state index in [1.165, 1.54) is 12.8 Å². The maximum Gasteiger partial charge on any atom is 0.144 e. The highest BCUT2D eigenvalue weighted by Crippen LogP contribution is 2.29. The number of rotatable bonds is 7. The molecule has 0 radical (unpaired) electrons. The Balaban J connectivity index is 1.63. The summed E-state index contributed by atoms with van der Waals surface area (Å²) in [4.78, 5) is 11.3. The van der Waals surface area contributed by atoms with Gasteiger partial charge in [-0.25, -0.2) is 4.98 Å². The second kappa shape index (κ2) is 6.05. The molecule has 2 heterocycles. The maximum atomic E-state index is 5.44. The molecule has 106 valence electrons. The molecule has 3 rings (SSSR count). The zero-order valence-electron chi connectivity index (χ0n) is 11.7. The molecule has 1 aliphatic carbocycles. The number of hydrogen-bond donors (Lipinski definition) is 1. The quantitative estimate of drug-likeness (QED) is 0.839. The third-order valence-electron chi connectivity index (χ3n) is 3.43. The highest BCUT2D eigenvalue weighted by atomic mass is 16.3. The molecule has 1 N–H and O–H groups in total. The van der Waals surface area contributed by atoms with Crippen molar-refractivity contribution in [2.75, 3.05) is 11.9 Å². The van der Waals surface area contributed by atoms with Gasteiger partial charge in [-0.15, -0.1) is 0 Å². The lowest BCUT2D eigenvalue weighted by molar-refractivity contribution is 0.222. The first-order valence-electron chi connectivity index (χ1n) is 7.16. The normalized spacial score (nSPS) is 14.7. The minimum Gasteiger partial charge on any atom is -0.468 e. The van der Waals surface area contributed by atoms with E-state index < -0.39 is 0 Å². The molecule has 0 saturated heterocycles. The first-order chi connectivity index (χ1) is 9.85. The van der Waals surface area contributed by atoms with Crippen LogP contribution in [0.2, 0.25) is 0 Å². The number of hydrogen-bond acceptors (Lipinski definition) is 5. The van der Waals surface area contributed by atoms with Crippen molar-refractivity contribution in [2.45, 2.75) is 38.9 Å². The van der Waals surface area contributed by atoms with Gasteiger partial charge in [-0.3, -0.25) is 9.88 Å². The van der Waals surface area contributed by atoms with Crippen molar-refractivity contribution in [3.8, 4) is 0 Å². The molecule has 0 atom stereocenters. The smallest absolute Gasteiger partial charge is 0.144 e. The van der Waals surface area contributed by atoms with E-state index in [4.69, 9.17) is 4.42 Å². The Labute approximate surface area is 119 Å². The van der Waals surface area contributed by atoms with Gasteiger partial charge in [0.1, 0.15) is 11.6 Å². The third kappa shape index (κ3) is 3.36. The van der Waals surface area contributed by atoms with Crippen LogP contribution in [0.3, 0.4) is 0 Å². The van der Waals surface area contributed by atoms with Gasteiger partial charge in [-0.2, -0.15) is 0 Å². The van der Waals surface area contributed by atoms with Crippen LogP contribution in [0.25, 0.3) is 0 Å². The van der Waals surface area contributed by atoms with Crippen LogP contribution in [0.15, 0.2) is 35.2 Å². The van der Waals surface area contributed by atoms with E-state index in [-0.39, 0.29) is 0 Å². The summed E-state index contributed by atoms with van der Waals surface area (Å²) >= 11 is 0. The van der Waals surface area contributed by atoms with Crippen LogP contribution in [0.1, 0.15) is 31.2 Å². The lowest BCUT2D eigenvalue weighted by Crippen LogP contribution is -2.25. The summed E-state index contributed by atoms with van der Waals surface area (Å²) in [6.45, 7) is 4.58. The molecule has 5 heteroatoms. The molecule has 5 nitrogen and oxygen atoms in total. The van der Waals surface area contributed by atoms with Crippen molar-refractivity contribution in [1.82, 2.24) is 14.9 Å². The number of aromatic nitrogens is 2. The fraction of sp³-hybridized carbons (Fsp3) is 0.467. The molecule has 0 aliphatic heterocycles. The topological polar surface area (TPSA) is 54.2 Å². The van der Waals surface area contributed by atoms with Gasteiger partial charge in [0.05, 0.1) is 30.9 Å². The van der Waals surface area contributed by atoms with Gasteiger partial charge in [0.2, 0.25) is 0 Å². The summed E-state index contributed by atoms with van der Waals surface area (Å²) in [7, 11) is 0. The van der Waals surface area contributed by atoms with E-state index >= 15 is 0 Å². The second-order valence-corrected chi connectivity index (χ2v) is 5.14. The number of nitrogens with zero attached hydrogens (tertiary/aromatic N) is 3. The predicted molar refractivity (Wildman–Crippen MR) is 77.2 cm³/mol. The Morgan fingerprint density at radius 2 is 2.20 bits per heavy atom. The summed E-state index contributed by atoms with van der Waals surface area (Å²) < 4.78 is 5.44. The number of nitrogens with one attached hydrogen (secondary N) is 1. The average molecular weight is 272 g/mol. The van der Waals surface area contributed by atoms with Crippen molar-refractivity contribution >= 4 is 5.82 Å². The van der Waals surface area contributed by atoms with Crippen molar-refractivity contribution in [3.05, 3.63) is 42.2 Å². The number of anilines is 1. The van der Waals surface area contributed by atoms with Gasteiger partial charge in [-0.1, -0.05) is 0 Å². The Morgan fingerprint density at radius 3 is 2.80 bits per heavy atom. The monoisotopic (exact) mass is 272 g/mol. The molecule has 0 spiro atoms. The molecular weight excluding hydrogens is 252 g/mol. The van der Waals surface area contributed by atoms with Crippen molar-refractivity contribution < 1.29 is 4.42 Å². The molecule has 1 saturated carbocycles. The van der Waals surface area contributed by atoms with Crippen LogP contribution < -0.4 is 5.32 Å². The van der Waals surface area contributed by atoms with Crippen LogP contribution in [-0.4, -0.2) is 27.5 Å². The first-order valence-corrected chi connectivity index (χ1v) is 7.16. The molecule has 0 amide bonds. The SMILES string of the molecule is CCNc1cnc(CN(Cc2ccco2)C2CC2)cn1. The van der Waals surface area contributed by atoms with Crippen molar-refractivity contribution in [2.24, 2.45) is 0 Å². The van der Waals surface area contributed by atoms with Crippen LogP contribution >= 0.6 is 0 Å². The lowest BCUT2D eigenvalue weighted by atomic mass is 10.3. The predicted octanol–water partition coefficient (Wildman–Crippen LogP) is 2.67. The molecule has 0 unspecified atom stereocenters. The van der Waals surface area contributed by atoms with Crippen LogP contribution in [0, 0.1) is 0 Å². The standard InChI is InChI=1S/C15H20N4O/c1-2-16-15-9-17-12(8-18-15)10-19(13-5-6-13)11-14-4-3-7-20-14/h3-4,7-9,13H,2,5-6,10-11H2,1H3,(H,16,18). The molecule has 0 aromatic carbocycles. The van der Waals surface area contributed by atoms with Gasteiger partial charge >= 0.3 is 0 Å². The summed E-state index contributed by atoms with van der Waals surface area (Å²) in [5.41, 5.74) is 1.00. The Bertz CT molecular complexity index is 519. The van der Waals surface area contributed by atoms with Gasteiger partial charge in [-0.05, 0) is 31.9 Å². The number of furan rings is 1. The largest absolute Gasteiger partial charge is 0.468 e. The van der Waals surface area contributed by atoms with Crippen LogP contribution in [-0.2, 0) is 13.1 Å². The van der Waals surface area contributed by atoms with Gasteiger partial charge in [0, 0.05) is 19.1 Å². The lowest BCUT2D eigenvalue weighted by Gasteiger charge is -2.20. The van der Waals surface area contributed by atoms with Gasteiger partial charge in [0.15, 0.2) is 0 Å². The van der Waals surface area contributed by atoms with E-state index in [0.29, 0.717) is 6.04 Å². The van der Waals surface area contributed by atoms with Crippen molar-refractivity contribution in [1.29, 1.82) is 0 Å². The maximum absolute atomic E-state index is 5.44. The van der Waals surface area contributed by atoms with E-state index in [1.54, 1.807) is 12.5 Å². The molecule has 1 aliphatic rings. The van der Waals surface area contributed by atoms with E-state index in [1.807, 2.05) is 25.3 Å². The van der Waals surface area contributed by atoms with Crippen molar-refractivity contribution in [3.63, 3.8) is 0 Å². The molecule has 20 heavy (non-hydrogen) atoms. The van der Waals surface area contributed by atoms with Crippen LogP contribution in [0.5, 0.6) is 0 Å². The Hall–Kier alpha value is -1.88. The minimum absolute atomic E-state index is 0.662. The Morgan fingerprint density at radius 1 is 1.30 bits per heavy atom. The zero-order chi connectivity index (χ0) is 13.8. The minimum atomic E-state index is 0.662. The zero-order valence-corrected chi connectivity index (χ0v) is 11.7. The summed E-state index contributed by atoms with van der Waals surface area (Å²) in [5.74, 6) is 1.84. The van der Waals surface area contributed by atoms with E-state index in [0.717, 1.165) is 36.9 Å². The highest BCUT2D eigenvalue weighted by Gasteiger charge is 2.29. The second-order valence-electron chi connectivity index (χ2n) is 5.14. The molecular formula is C15H20N4O. The highest BCUT2D eigenvalue weighted by molar-refractivity contribution is 5.30.